The highest BCUT2D eigenvalue weighted by atomic mass is 16.4. The first kappa shape index (κ1) is 13.8. The summed E-state index contributed by atoms with van der Waals surface area (Å²) >= 11 is 0. The largest absolute Gasteiger partial charge is 0.478 e. The molecule has 1 aliphatic rings. The average Bonchev–Trinajstić information content (AvgIpc) is 2.26. The molecular weight excluding hydrogens is 242 g/mol. The molecule has 19 heavy (non-hydrogen) atoms. The van der Waals surface area contributed by atoms with E-state index in [0.29, 0.717) is 17.3 Å². The minimum atomic E-state index is -0.897. The van der Waals surface area contributed by atoms with Crippen LogP contribution in [0.2, 0.25) is 0 Å². The summed E-state index contributed by atoms with van der Waals surface area (Å²) in [7, 11) is 2.09. The lowest BCUT2D eigenvalue weighted by Gasteiger charge is -2.40. The van der Waals surface area contributed by atoms with Crippen molar-refractivity contribution < 1.29 is 9.90 Å². The SMILES string of the molecule is Cc1cc(N2CCN(C)CC2C)c(C(=O)O)c(C)n1. The molecule has 1 N–H and O–H groups in total. The van der Waals surface area contributed by atoms with Crippen molar-refractivity contribution in [1.29, 1.82) is 0 Å². The molecule has 1 aromatic rings. The number of carboxylic acids is 1. The normalized spacial score (nSPS) is 20.6. The molecule has 1 aliphatic heterocycles. The maximum atomic E-state index is 11.5. The van der Waals surface area contributed by atoms with Crippen LogP contribution in [0, 0.1) is 13.8 Å². The number of likely N-dealkylation sites (N-methyl/N-ethyl adjacent to an activating group) is 1. The zero-order valence-electron chi connectivity index (χ0n) is 12.0. The minimum absolute atomic E-state index is 0.304. The Hall–Kier alpha value is -1.62. The van der Waals surface area contributed by atoms with Gasteiger partial charge < -0.3 is 14.9 Å². The quantitative estimate of drug-likeness (QED) is 0.877. The van der Waals surface area contributed by atoms with Crippen LogP contribution in [0.15, 0.2) is 6.07 Å². The van der Waals surface area contributed by atoms with Crippen molar-refractivity contribution in [3.8, 4) is 0 Å². The molecular formula is C14H21N3O2. The van der Waals surface area contributed by atoms with Gasteiger partial charge in [-0.2, -0.15) is 0 Å². The van der Waals surface area contributed by atoms with Crippen LogP contribution in [0.25, 0.3) is 0 Å². The van der Waals surface area contributed by atoms with E-state index in [1.807, 2.05) is 13.0 Å². The molecule has 5 nitrogen and oxygen atoms in total. The van der Waals surface area contributed by atoms with Crippen LogP contribution >= 0.6 is 0 Å². The Labute approximate surface area is 113 Å². The smallest absolute Gasteiger partial charge is 0.339 e. The number of pyridine rings is 1. The summed E-state index contributed by atoms with van der Waals surface area (Å²) in [4.78, 5) is 20.2. The first-order valence-electron chi connectivity index (χ1n) is 6.57. The van der Waals surface area contributed by atoms with Crippen LogP contribution in [0.1, 0.15) is 28.7 Å². The Morgan fingerprint density at radius 3 is 2.68 bits per heavy atom. The Balaban J connectivity index is 2.46. The van der Waals surface area contributed by atoms with Crippen molar-refractivity contribution in [1.82, 2.24) is 9.88 Å². The molecule has 0 saturated carbocycles. The van der Waals surface area contributed by atoms with Crippen molar-refractivity contribution >= 4 is 11.7 Å². The molecule has 5 heteroatoms. The molecule has 0 aromatic carbocycles. The summed E-state index contributed by atoms with van der Waals surface area (Å²) in [6.07, 6.45) is 0. The van der Waals surface area contributed by atoms with Crippen LogP contribution in [0.5, 0.6) is 0 Å². The molecule has 0 amide bonds. The molecule has 104 valence electrons. The van der Waals surface area contributed by atoms with E-state index in [-0.39, 0.29) is 0 Å². The molecule has 1 fully saturated rings. The van der Waals surface area contributed by atoms with Gasteiger partial charge in [0.15, 0.2) is 0 Å². The highest BCUT2D eigenvalue weighted by molar-refractivity contribution is 5.95. The predicted molar refractivity (Wildman–Crippen MR) is 75.0 cm³/mol. The summed E-state index contributed by atoms with van der Waals surface area (Å²) in [5.41, 5.74) is 2.59. The second-order valence-corrected chi connectivity index (χ2v) is 5.35. The summed E-state index contributed by atoms with van der Waals surface area (Å²) in [5.74, 6) is -0.897. The number of carbonyl (C=O) groups is 1. The summed E-state index contributed by atoms with van der Waals surface area (Å²) in [6, 6.07) is 2.19. The molecule has 0 aliphatic carbocycles. The zero-order valence-corrected chi connectivity index (χ0v) is 12.0. The predicted octanol–water partition coefficient (Wildman–Crippen LogP) is 1.54. The number of aromatic carboxylic acids is 1. The lowest BCUT2D eigenvalue weighted by atomic mass is 10.1. The zero-order chi connectivity index (χ0) is 14.2. The molecule has 1 atom stereocenters. The molecule has 2 heterocycles. The molecule has 1 saturated heterocycles. The number of aryl methyl sites for hydroxylation is 2. The van der Waals surface area contributed by atoms with E-state index in [9.17, 15) is 9.90 Å². The van der Waals surface area contributed by atoms with Gasteiger partial charge in [-0.1, -0.05) is 0 Å². The first-order chi connectivity index (χ1) is 8.90. The molecule has 0 spiro atoms. The fourth-order valence-corrected chi connectivity index (χ4v) is 2.80. The minimum Gasteiger partial charge on any atom is -0.478 e. The van der Waals surface area contributed by atoms with E-state index in [1.54, 1.807) is 6.92 Å². The van der Waals surface area contributed by atoms with Gasteiger partial charge in [-0.05, 0) is 33.9 Å². The number of rotatable bonds is 2. The standard InChI is InChI=1S/C14H21N3O2/c1-9-7-12(13(14(18)19)11(3)15-9)17-6-5-16(4)8-10(17)2/h7,10H,5-6,8H2,1-4H3,(H,18,19). The fourth-order valence-electron chi connectivity index (χ4n) is 2.80. The Bertz CT molecular complexity index is 502. The van der Waals surface area contributed by atoms with Crippen LogP contribution in [0.3, 0.4) is 0 Å². The summed E-state index contributed by atoms with van der Waals surface area (Å²) < 4.78 is 0. The molecule has 0 radical (unpaired) electrons. The molecule has 1 unspecified atom stereocenters. The number of carboxylic acid groups (broad SMARTS) is 1. The number of aromatic nitrogens is 1. The van der Waals surface area contributed by atoms with Crippen LogP contribution in [-0.4, -0.2) is 53.7 Å². The van der Waals surface area contributed by atoms with E-state index in [0.717, 1.165) is 31.0 Å². The molecule has 1 aromatic heterocycles. The monoisotopic (exact) mass is 263 g/mol. The highest BCUT2D eigenvalue weighted by Crippen LogP contribution is 2.27. The molecule has 2 rings (SSSR count). The van der Waals surface area contributed by atoms with Gasteiger partial charge >= 0.3 is 5.97 Å². The van der Waals surface area contributed by atoms with Gasteiger partial charge in [-0.15, -0.1) is 0 Å². The van der Waals surface area contributed by atoms with Gasteiger partial charge in [0.25, 0.3) is 0 Å². The van der Waals surface area contributed by atoms with Gasteiger partial charge in [0.2, 0.25) is 0 Å². The van der Waals surface area contributed by atoms with Crippen LogP contribution in [0.4, 0.5) is 5.69 Å². The van der Waals surface area contributed by atoms with Crippen LogP contribution in [-0.2, 0) is 0 Å². The van der Waals surface area contributed by atoms with Crippen molar-refractivity contribution in [2.75, 3.05) is 31.6 Å². The van der Waals surface area contributed by atoms with Gasteiger partial charge in [0.05, 0.1) is 11.4 Å². The van der Waals surface area contributed by atoms with E-state index in [4.69, 9.17) is 0 Å². The number of hydrogen-bond acceptors (Lipinski definition) is 4. The Morgan fingerprint density at radius 1 is 1.42 bits per heavy atom. The van der Waals surface area contributed by atoms with Crippen LogP contribution < -0.4 is 4.90 Å². The second kappa shape index (κ2) is 5.17. The summed E-state index contributed by atoms with van der Waals surface area (Å²) in [5, 5.41) is 9.43. The van der Waals surface area contributed by atoms with Gasteiger partial charge in [0.1, 0.15) is 5.56 Å². The average molecular weight is 263 g/mol. The number of hydrogen-bond donors (Lipinski definition) is 1. The topological polar surface area (TPSA) is 56.7 Å². The van der Waals surface area contributed by atoms with E-state index in [2.05, 4.69) is 28.8 Å². The van der Waals surface area contributed by atoms with Crippen molar-refractivity contribution in [3.63, 3.8) is 0 Å². The lowest BCUT2D eigenvalue weighted by Crippen LogP contribution is -2.51. The van der Waals surface area contributed by atoms with Gasteiger partial charge in [-0.25, -0.2) is 4.79 Å². The number of nitrogens with zero attached hydrogens (tertiary/aromatic N) is 3. The fraction of sp³-hybridized carbons (Fsp3) is 0.571. The highest BCUT2D eigenvalue weighted by Gasteiger charge is 2.27. The van der Waals surface area contributed by atoms with Crippen molar-refractivity contribution in [2.45, 2.75) is 26.8 Å². The van der Waals surface area contributed by atoms with Crippen molar-refractivity contribution in [3.05, 3.63) is 23.0 Å². The maximum Gasteiger partial charge on any atom is 0.339 e. The van der Waals surface area contributed by atoms with E-state index in [1.165, 1.54) is 0 Å². The lowest BCUT2D eigenvalue weighted by molar-refractivity contribution is 0.0696. The van der Waals surface area contributed by atoms with E-state index >= 15 is 0 Å². The third-order valence-electron chi connectivity index (χ3n) is 3.66. The van der Waals surface area contributed by atoms with E-state index < -0.39 is 5.97 Å². The Morgan fingerprint density at radius 2 is 2.11 bits per heavy atom. The Kier molecular flexibility index (Phi) is 3.75. The number of piperazine rings is 1. The molecule has 0 bridgehead atoms. The maximum absolute atomic E-state index is 11.5. The number of anilines is 1. The summed E-state index contributed by atoms with van der Waals surface area (Å²) in [6.45, 7) is 8.54. The van der Waals surface area contributed by atoms with Crippen molar-refractivity contribution in [2.24, 2.45) is 0 Å². The van der Waals surface area contributed by atoms with Gasteiger partial charge in [-0.3, -0.25) is 4.98 Å². The van der Waals surface area contributed by atoms with Gasteiger partial charge in [0, 0.05) is 31.4 Å². The third kappa shape index (κ3) is 2.71. The third-order valence-corrected chi connectivity index (χ3v) is 3.66. The second-order valence-electron chi connectivity index (χ2n) is 5.35. The first-order valence-corrected chi connectivity index (χ1v) is 6.57.